The van der Waals surface area contributed by atoms with Crippen molar-refractivity contribution in [2.24, 2.45) is 11.7 Å². The van der Waals surface area contributed by atoms with Crippen LogP contribution in [0.2, 0.25) is 0 Å². The van der Waals surface area contributed by atoms with Gasteiger partial charge in [-0.2, -0.15) is 0 Å². The van der Waals surface area contributed by atoms with E-state index in [0.29, 0.717) is 5.92 Å². The van der Waals surface area contributed by atoms with Crippen molar-refractivity contribution < 1.29 is 4.79 Å². The maximum Gasteiger partial charge on any atom is 0.239 e. The normalized spacial score (nSPS) is 19.9. The molecule has 0 saturated carbocycles. The van der Waals surface area contributed by atoms with Gasteiger partial charge < -0.3 is 10.6 Å². The van der Waals surface area contributed by atoms with Gasteiger partial charge in [0.15, 0.2) is 0 Å². The Labute approximate surface area is 86.6 Å². The third kappa shape index (κ3) is 3.29. The molecule has 1 aliphatic rings. The largest absolute Gasteiger partial charge is 0.341 e. The van der Waals surface area contributed by atoms with Gasteiger partial charge >= 0.3 is 0 Å². The van der Waals surface area contributed by atoms with E-state index in [9.17, 15) is 4.79 Å². The second-order valence-corrected chi connectivity index (χ2v) is 4.62. The highest BCUT2D eigenvalue weighted by atomic mass is 16.2. The lowest BCUT2D eigenvalue weighted by molar-refractivity contribution is -0.133. The lowest BCUT2D eigenvalue weighted by Gasteiger charge is -2.29. The Kier molecular flexibility index (Phi) is 4.39. The number of nitrogens with two attached hydrogens (primary N) is 1. The minimum Gasteiger partial charge on any atom is -0.341 e. The quantitative estimate of drug-likeness (QED) is 0.744. The SMILES string of the molecule is CC(C)C[C@@H](N)C(=O)N1CCCCC1. The highest BCUT2D eigenvalue weighted by Gasteiger charge is 2.22. The first-order valence-corrected chi connectivity index (χ1v) is 5.65. The lowest BCUT2D eigenvalue weighted by atomic mass is 10.0. The van der Waals surface area contributed by atoms with Crippen molar-refractivity contribution in [1.82, 2.24) is 4.90 Å². The fourth-order valence-electron chi connectivity index (χ4n) is 1.96. The summed E-state index contributed by atoms with van der Waals surface area (Å²) in [5.74, 6) is 0.650. The first kappa shape index (κ1) is 11.5. The molecule has 0 aromatic heterocycles. The third-order valence-corrected chi connectivity index (χ3v) is 2.71. The van der Waals surface area contributed by atoms with Gasteiger partial charge in [0.05, 0.1) is 6.04 Å². The average molecular weight is 198 g/mol. The Hall–Kier alpha value is -0.570. The first-order chi connectivity index (χ1) is 6.61. The highest BCUT2D eigenvalue weighted by molar-refractivity contribution is 5.81. The van der Waals surface area contributed by atoms with Gasteiger partial charge in [-0.05, 0) is 31.6 Å². The molecule has 0 unspecified atom stereocenters. The van der Waals surface area contributed by atoms with Gasteiger partial charge in [-0.3, -0.25) is 4.79 Å². The fourth-order valence-corrected chi connectivity index (χ4v) is 1.96. The molecule has 0 radical (unpaired) electrons. The number of hydrogen-bond acceptors (Lipinski definition) is 2. The molecule has 0 aliphatic carbocycles. The molecule has 0 aromatic rings. The molecule has 1 rings (SSSR count). The Morgan fingerprint density at radius 1 is 1.29 bits per heavy atom. The summed E-state index contributed by atoms with van der Waals surface area (Å²) in [6.45, 7) is 6.02. The van der Waals surface area contributed by atoms with Crippen LogP contribution in [0.25, 0.3) is 0 Å². The minimum absolute atomic E-state index is 0.151. The average Bonchev–Trinajstić information content (AvgIpc) is 2.17. The maximum absolute atomic E-state index is 11.8. The van der Waals surface area contributed by atoms with E-state index in [1.165, 1.54) is 6.42 Å². The molecule has 82 valence electrons. The summed E-state index contributed by atoms with van der Waals surface area (Å²) in [5, 5.41) is 0. The molecule has 1 fully saturated rings. The molecule has 1 heterocycles. The number of carbonyl (C=O) groups excluding carboxylic acids is 1. The second-order valence-electron chi connectivity index (χ2n) is 4.62. The van der Waals surface area contributed by atoms with Gasteiger partial charge in [-0.1, -0.05) is 13.8 Å². The van der Waals surface area contributed by atoms with Crippen LogP contribution in [0.3, 0.4) is 0 Å². The second kappa shape index (κ2) is 5.35. The van der Waals surface area contributed by atoms with Crippen LogP contribution in [0, 0.1) is 5.92 Å². The van der Waals surface area contributed by atoms with Gasteiger partial charge in [0, 0.05) is 13.1 Å². The summed E-state index contributed by atoms with van der Waals surface area (Å²) in [5.41, 5.74) is 5.86. The molecule has 1 amide bonds. The molecular formula is C11H22N2O. The van der Waals surface area contributed by atoms with Crippen molar-refractivity contribution in [3.63, 3.8) is 0 Å². The van der Waals surface area contributed by atoms with E-state index in [2.05, 4.69) is 13.8 Å². The van der Waals surface area contributed by atoms with Crippen molar-refractivity contribution >= 4 is 5.91 Å². The number of hydrogen-bond donors (Lipinski definition) is 1. The molecule has 3 nitrogen and oxygen atoms in total. The zero-order valence-corrected chi connectivity index (χ0v) is 9.33. The van der Waals surface area contributed by atoms with Crippen LogP contribution >= 0.6 is 0 Å². The van der Waals surface area contributed by atoms with Crippen LogP contribution in [-0.2, 0) is 4.79 Å². The maximum atomic E-state index is 11.8. The number of amides is 1. The molecule has 14 heavy (non-hydrogen) atoms. The Balaban J connectivity index is 2.38. The van der Waals surface area contributed by atoms with Crippen LogP contribution < -0.4 is 5.73 Å². The number of nitrogens with zero attached hydrogens (tertiary/aromatic N) is 1. The number of carbonyl (C=O) groups is 1. The van der Waals surface area contributed by atoms with E-state index in [-0.39, 0.29) is 11.9 Å². The van der Waals surface area contributed by atoms with E-state index in [0.717, 1.165) is 32.4 Å². The van der Waals surface area contributed by atoms with Gasteiger partial charge in [-0.15, -0.1) is 0 Å². The molecule has 1 atom stereocenters. The number of piperidine rings is 1. The molecule has 3 heteroatoms. The lowest BCUT2D eigenvalue weighted by Crippen LogP contribution is -2.46. The Bertz CT molecular complexity index is 186. The standard InChI is InChI=1S/C11H22N2O/c1-9(2)8-10(12)11(14)13-6-4-3-5-7-13/h9-10H,3-8,12H2,1-2H3/t10-/m1/s1. The summed E-state index contributed by atoms with van der Waals surface area (Å²) < 4.78 is 0. The van der Waals surface area contributed by atoms with E-state index in [1.54, 1.807) is 0 Å². The van der Waals surface area contributed by atoms with Crippen LogP contribution in [0.1, 0.15) is 39.5 Å². The van der Waals surface area contributed by atoms with E-state index in [4.69, 9.17) is 5.73 Å². The monoisotopic (exact) mass is 198 g/mol. The minimum atomic E-state index is -0.284. The van der Waals surface area contributed by atoms with Crippen molar-refractivity contribution in [2.45, 2.75) is 45.6 Å². The summed E-state index contributed by atoms with van der Waals surface area (Å²) >= 11 is 0. The summed E-state index contributed by atoms with van der Waals surface area (Å²) in [6, 6.07) is -0.284. The molecule has 0 bridgehead atoms. The van der Waals surface area contributed by atoms with Crippen molar-refractivity contribution in [3.05, 3.63) is 0 Å². The number of rotatable bonds is 3. The Morgan fingerprint density at radius 3 is 2.36 bits per heavy atom. The smallest absolute Gasteiger partial charge is 0.239 e. The van der Waals surface area contributed by atoms with E-state index in [1.807, 2.05) is 4.90 Å². The molecule has 1 aliphatic heterocycles. The van der Waals surface area contributed by atoms with Crippen molar-refractivity contribution in [3.8, 4) is 0 Å². The van der Waals surface area contributed by atoms with Gasteiger partial charge in [0.25, 0.3) is 0 Å². The zero-order valence-electron chi connectivity index (χ0n) is 9.33. The predicted molar refractivity (Wildman–Crippen MR) is 57.9 cm³/mol. The van der Waals surface area contributed by atoms with Crippen LogP contribution in [0.15, 0.2) is 0 Å². The third-order valence-electron chi connectivity index (χ3n) is 2.71. The van der Waals surface area contributed by atoms with E-state index >= 15 is 0 Å². The predicted octanol–water partition coefficient (Wildman–Crippen LogP) is 1.37. The highest BCUT2D eigenvalue weighted by Crippen LogP contribution is 2.12. The molecule has 0 spiro atoms. The molecular weight excluding hydrogens is 176 g/mol. The molecule has 2 N–H and O–H groups in total. The van der Waals surface area contributed by atoms with Crippen LogP contribution in [0.5, 0.6) is 0 Å². The van der Waals surface area contributed by atoms with Gasteiger partial charge in [0.2, 0.25) is 5.91 Å². The Morgan fingerprint density at radius 2 is 1.86 bits per heavy atom. The zero-order chi connectivity index (χ0) is 10.6. The summed E-state index contributed by atoms with van der Waals surface area (Å²) in [7, 11) is 0. The van der Waals surface area contributed by atoms with E-state index < -0.39 is 0 Å². The summed E-state index contributed by atoms with van der Waals surface area (Å²) in [6.07, 6.45) is 4.33. The molecule has 0 aromatic carbocycles. The van der Waals surface area contributed by atoms with Gasteiger partial charge in [-0.25, -0.2) is 0 Å². The summed E-state index contributed by atoms with van der Waals surface area (Å²) in [4.78, 5) is 13.8. The van der Waals surface area contributed by atoms with Crippen molar-refractivity contribution in [1.29, 1.82) is 0 Å². The molecule has 1 saturated heterocycles. The van der Waals surface area contributed by atoms with Gasteiger partial charge in [0.1, 0.15) is 0 Å². The topological polar surface area (TPSA) is 46.3 Å². The number of likely N-dealkylation sites (tertiary alicyclic amines) is 1. The van der Waals surface area contributed by atoms with Crippen LogP contribution in [-0.4, -0.2) is 29.9 Å². The van der Waals surface area contributed by atoms with Crippen LogP contribution in [0.4, 0.5) is 0 Å². The van der Waals surface area contributed by atoms with Crippen molar-refractivity contribution in [2.75, 3.05) is 13.1 Å². The fraction of sp³-hybridized carbons (Fsp3) is 0.909. The first-order valence-electron chi connectivity index (χ1n) is 5.65.